The lowest BCUT2D eigenvalue weighted by Crippen LogP contribution is -2.36. The van der Waals surface area contributed by atoms with Crippen molar-refractivity contribution < 1.29 is 9.18 Å². The zero-order valence-electron chi connectivity index (χ0n) is 21.3. The van der Waals surface area contributed by atoms with Crippen LogP contribution in [0.5, 0.6) is 0 Å². The predicted molar refractivity (Wildman–Crippen MR) is 157 cm³/mol. The van der Waals surface area contributed by atoms with Crippen molar-refractivity contribution in [1.29, 1.82) is 0 Å². The van der Waals surface area contributed by atoms with Gasteiger partial charge in [-0.15, -0.1) is 11.3 Å². The highest BCUT2D eigenvalue weighted by Crippen LogP contribution is 2.41. The summed E-state index contributed by atoms with van der Waals surface area (Å²) in [5.41, 5.74) is 4.09. The molecule has 0 saturated heterocycles. The Balaban J connectivity index is 1.43. The van der Waals surface area contributed by atoms with Crippen molar-refractivity contribution in [1.82, 2.24) is 9.55 Å². The molecular formula is C34H25FN2OS. The van der Waals surface area contributed by atoms with Gasteiger partial charge in [-0.1, -0.05) is 91.0 Å². The fourth-order valence-electron chi connectivity index (χ4n) is 5.26. The molecule has 0 saturated carbocycles. The van der Waals surface area contributed by atoms with Gasteiger partial charge in [0.05, 0.1) is 16.9 Å². The van der Waals surface area contributed by atoms with Gasteiger partial charge < -0.3 is 4.57 Å². The van der Waals surface area contributed by atoms with Gasteiger partial charge in [-0.3, -0.25) is 4.79 Å². The summed E-state index contributed by atoms with van der Waals surface area (Å²) in [6, 6.07) is 35.8. The molecule has 0 atom stereocenters. The monoisotopic (exact) mass is 528 g/mol. The average Bonchev–Trinajstić information content (AvgIpc) is 3.59. The largest absolute Gasteiger partial charge is 0.318 e. The Labute approximate surface area is 230 Å². The van der Waals surface area contributed by atoms with Crippen molar-refractivity contribution in [2.24, 2.45) is 0 Å². The number of ketones is 1. The van der Waals surface area contributed by atoms with Crippen molar-refractivity contribution in [3.8, 4) is 0 Å². The normalized spacial score (nSPS) is 11.8. The van der Waals surface area contributed by atoms with E-state index in [1.54, 1.807) is 18.2 Å². The number of nitrogens with zero attached hydrogens (tertiary/aromatic N) is 2. The van der Waals surface area contributed by atoms with Crippen LogP contribution in [-0.2, 0) is 5.54 Å². The first kappa shape index (κ1) is 24.7. The van der Waals surface area contributed by atoms with Crippen LogP contribution < -0.4 is 0 Å². The summed E-state index contributed by atoms with van der Waals surface area (Å²) in [6.07, 6.45) is 7.10. The summed E-state index contributed by atoms with van der Waals surface area (Å²) < 4.78 is 16.8. The minimum Gasteiger partial charge on any atom is -0.318 e. The molecule has 0 fully saturated rings. The molecule has 0 aliphatic heterocycles. The first-order chi connectivity index (χ1) is 19.1. The zero-order valence-corrected chi connectivity index (χ0v) is 22.1. The van der Waals surface area contributed by atoms with Crippen LogP contribution in [0, 0.1) is 12.7 Å². The Morgan fingerprint density at radius 1 is 0.846 bits per heavy atom. The SMILES string of the molecule is Cc1c(C(=O)C=Cc2cn(C(c3ccccc3)(c3ccccc3)c3ccccc3)cn2)sc2ccc(F)cc12. The Hall–Kier alpha value is -4.61. The van der Waals surface area contributed by atoms with Crippen molar-refractivity contribution >= 4 is 33.3 Å². The number of carbonyl (C=O) groups is 1. The van der Waals surface area contributed by atoms with Gasteiger partial charge in [0.2, 0.25) is 0 Å². The van der Waals surface area contributed by atoms with Gasteiger partial charge in [-0.05, 0) is 64.9 Å². The number of hydrogen-bond donors (Lipinski definition) is 0. The Bertz CT molecular complexity index is 1690. The smallest absolute Gasteiger partial charge is 0.196 e. The molecule has 2 aromatic heterocycles. The number of hydrogen-bond acceptors (Lipinski definition) is 3. The number of carbonyl (C=O) groups excluding carboxylic acids is 1. The van der Waals surface area contributed by atoms with Crippen LogP contribution in [0.4, 0.5) is 4.39 Å². The number of imidazole rings is 1. The number of aryl methyl sites for hydroxylation is 1. The highest BCUT2D eigenvalue weighted by Gasteiger charge is 2.38. The minimum atomic E-state index is -0.668. The van der Waals surface area contributed by atoms with E-state index in [0.717, 1.165) is 32.3 Å². The quantitative estimate of drug-likeness (QED) is 0.119. The van der Waals surface area contributed by atoms with E-state index in [9.17, 15) is 9.18 Å². The highest BCUT2D eigenvalue weighted by atomic mass is 32.1. The van der Waals surface area contributed by atoms with E-state index < -0.39 is 5.54 Å². The van der Waals surface area contributed by atoms with Crippen molar-refractivity contribution in [3.05, 3.63) is 166 Å². The molecule has 0 bridgehead atoms. The van der Waals surface area contributed by atoms with Gasteiger partial charge >= 0.3 is 0 Å². The molecule has 6 aromatic rings. The van der Waals surface area contributed by atoms with E-state index >= 15 is 0 Å². The van der Waals surface area contributed by atoms with Gasteiger partial charge in [0, 0.05) is 10.9 Å². The number of aromatic nitrogens is 2. The summed E-state index contributed by atoms with van der Waals surface area (Å²) in [5, 5.41) is 0.777. The Morgan fingerprint density at radius 2 is 1.41 bits per heavy atom. The van der Waals surface area contributed by atoms with Gasteiger partial charge in [-0.25, -0.2) is 9.37 Å². The number of allylic oxidation sites excluding steroid dienone is 1. The van der Waals surface area contributed by atoms with Crippen LogP contribution >= 0.6 is 11.3 Å². The third kappa shape index (κ3) is 4.41. The summed E-state index contributed by atoms with van der Waals surface area (Å²) in [7, 11) is 0. The maximum absolute atomic E-state index is 13.8. The molecule has 190 valence electrons. The number of halogens is 1. The van der Waals surface area contributed by atoms with Crippen molar-refractivity contribution in [2.45, 2.75) is 12.5 Å². The van der Waals surface area contributed by atoms with Gasteiger partial charge in [0.15, 0.2) is 5.78 Å². The Kier molecular flexibility index (Phi) is 6.51. The minimum absolute atomic E-state index is 0.121. The fourth-order valence-corrected chi connectivity index (χ4v) is 6.37. The zero-order chi connectivity index (χ0) is 26.8. The molecule has 2 heterocycles. The molecule has 0 unspecified atom stereocenters. The summed E-state index contributed by atoms with van der Waals surface area (Å²) in [5.74, 6) is -0.425. The lowest BCUT2D eigenvalue weighted by molar-refractivity contribution is 0.105. The Morgan fingerprint density at radius 3 is 1.97 bits per heavy atom. The number of rotatable bonds is 7. The molecule has 4 aromatic carbocycles. The average molecular weight is 529 g/mol. The maximum Gasteiger partial charge on any atom is 0.196 e. The third-order valence-electron chi connectivity index (χ3n) is 7.09. The molecule has 0 aliphatic rings. The molecule has 0 N–H and O–H groups in total. The van der Waals surface area contributed by atoms with Crippen molar-refractivity contribution in [3.63, 3.8) is 0 Å². The van der Waals surface area contributed by atoms with Gasteiger partial charge in [0.1, 0.15) is 11.4 Å². The van der Waals surface area contributed by atoms with E-state index in [1.807, 2.05) is 74.0 Å². The lowest BCUT2D eigenvalue weighted by atomic mass is 9.77. The van der Waals surface area contributed by atoms with E-state index in [2.05, 4.69) is 45.9 Å². The van der Waals surface area contributed by atoms with Crippen LogP contribution in [0.2, 0.25) is 0 Å². The van der Waals surface area contributed by atoms with Crippen LogP contribution in [0.15, 0.2) is 128 Å². The molecule has 0 radical (unpaired) electrons. The van der Waals surface area contributed by atoms with Crippen LogP contribution in [0.1, 0.15) is 37.6 Å². The van der Waals surface area contributed by atoms with Crippen LogP contribution in [0.3, 0.4) is 0 Å². The molecular weight excluding hydrogens is 503 g/mol. The van der Waals surface area contributed by atoms with E-state index in [0.29, 0.717) is 10.6 Å². The molecule has 0 aliphatic carbocycles. The summed E-state index contributed by atoms with van der Waals surface area (Å²) in [4.78, 5) is 18.4. The maximum atomic E-state index is 13.8. The second kappa shape index (κ2) is 10.3. The second-order valence-electron chi connectivity index (χ2n) is 9.41. The van der Waals surface area contributed by atoms with Gasteiger partial charge in [0.25, 0.3) is 0 Å². The lowest BCUT2D eigenvalue weighted by Gasteiger charge is -2.37. The molecule has 3 nitrogen and oxygen atoms in total. The van der Waals surface area contributed by atoms with Crippen LogP contribution in [-0.4, -0.2) is 15.3 Å². The van der Waals surface area contributed by atoms with E-state index in [-0.39, 0.29) is 11.6 Å². The predicted octanol–water partition coefficient (Wildman–Crippen LogP) is 8.28. The molecule has 5 heteroatoms. The van der Waals surface area contributed by atoms with Crippen LogP contribution in [0.25, 0.3) is 16.2 Å². The third-order valence-corrected chi connectivity index (χ3v) is 8.38. The van der Waals surface area contributed by atoms with E-state index in [4.69, 9.17) is 0 Å². The number of thiophene rings is 1. The fraction of sp³-hybridized carbons (Fsp3) is 0.0588. The first-order valence-corrected chi connectivity index (χ1v) is 13.5. The van der Waals surface area contributed by atoms with Crippen molar-refractivity contribution in [2.75, 3.05) is 0 Å². The van der Waals surface area contributed by atoms with Gasteiger partial charge in [-0.2, -0.15) is 0 Å². The van der Waals surface area contributed by atoms with E-state index in [1.165, 1.54) is 23.5 Å². The number of benzene rings is 4. The topological polar surface area (TPSA) is 34.9 Å². The summed E-state index contributed by atoms with van der Waals surface area (Å²) in [6.45, 7) is 1.86. The molecule has 6 rings (SSSR count). The second-order valence-corrected chi connectivity index (χ2v) is 10.5. The highest BCUT2D eigenvalue weighted by molar-refractivity contribution is 7.21. The first-order valence-electron chi connectivity index (χ1n) is 12.7. The summed E-state index contributed by atoms with van der Waals surface area (Å²) >= 11 is 1.38. The molecule has 0 amide bonds. The standard InChI is InChI=1S/C34H25FN2OS/c1-24-30-21-28(35)17-20-32(30)39-33(24)31(38)19-18-29-22-37(23-36-29)34(25-11-5-2-6-12-25,26-13-7-3-8-14-26)27-15-9-4-10-16-27/h2-23H,1H3. The number of fused-ring (bicyclic) bond motifs is 1. The molecule has 0 spiro atoms. The molecule has 39 heavy (non-hydrogen) atoms.